The minimum Gasteiger partial charge on any atom is -0.354 e. The van der Waals surface area contributed by atoms with E-state index >= 15 is 0 Å². The second-order valence-corrected chi connectivity index (χ2v) is 7.96. The number of aromatic amines is 2. The molecule has 0 radical (unpaired) electrons. The number of hydrogen-bond acceptors (Lipinski definition) is 0. The molecule has 0 aliphatic carbocycles. The van der Waals surface area contributed by atoms with E-state index in [1.165, 1.54) is 65.5 Å². The molecule has 0 bridgehead atoms. The summed E-state index contributed by atoms with van der Waals surface area (Å²) in [7, 11) is 0. The van der Waals surface area contributed by atoms with Crippen molar-refractivity contribution >= 4 is 54.4 Å². The van der Waals surface area contributed by atoms with Gasteiger partial charge in [0.1, 0.15) is 0 Å². The van der Waals surface area contributed by atoms with Crippen LogP contribution in [0.1, 0.15) is 0 Å². The van der Waals surface area contributed by atoms with Crippen LogP contribution in [0.25, 0.3) is 65.5 Å². The molecule has 0 spiro atoms. The van der Waals surface area contributed by atoms with E-state index < -0.39 is 0 Å². The zero-order valence-electron chi connectivity index (χ0n) is 16.2. The van der Waals surface area contributed by atoms with E-state index in [-0.39, 0.29) is 0 Å². The van der Waals surface area contributed by atoms with Crippen LogP contribution in [0.4, 0.5) is 0 Å². The summed E-state index contributed by atoms with van der Waals surface area (Å²) in [6.07, 6.45) is 0. The molecule has 0 fully saturated rings. The molecular formula is C28H18N2. The predicted molar refractivity (Wildman–Crippen MR) is 128 cm³/mol. The maximum Gasteiger partial charge on any atom is 0.0545 e. The van der Waals surface area contributed by atoms with Crippen LogP contribution in [0.15, 0.2) is 97.1 Å². The Morgan fingerprint density at radius 3 is 1.93 bits per heavy atom. The van der Waals surface area contributed by atoms with Gasteiger partial charge in [-0.2, -0.15) is 0 Å². The third-order valence-electron chi connectivity index (χ3n) is 6.33. The molecule has 2 aromatic heterocycles. The van der Waals surface area contributed by atoms with E-state index in [4.69, 9.17) is 0 Å². The fourth-order valence-corrected chi connectivity index (χ4v) is 5.03. The lowest BCUT2D eigenvalue weighted by atomic mass is 9.92. The van der Waals surface area contributed by atoms with Crippen molar-refractivity contribution in [3.05, 3.63) is 97.1 Å². The normalized spacial score (nSPS) is 12.0. The highest BCUT2D eigenvalue weighted by molar-refractivity contribution is 6.27. The van der Waals surface area contributed by atoms with Gasteiger partial charge in [0.2, 0.25) is 0 Å². The third kappa shape index (κ3) is 2.03. The van der Waals surface area contributed by atoms with E-state index in [1.54, 1.807) is 0 Å². The molecule has 2 heterocycles. The fourth-order valence-electron chi connectivity index (χ4n) is 5.03. The van der Waals surface area contributed by atoms with Crippen molar-refractivity contribution in [1.29, 1.82) is 0 Å². The number of H-pyrrole nitrogens is 2. The Morgan fingerprint density at radius 1 is 0.433 bits per heavy atom. The molecule has 0 saturated heterocycles. The van der Waals surface area contributed by atoms with Gasteiger partial charge in [0.25, 0.3) is 0 Å². The minimum atomic E-state index is 1.17. The van der Waals surface area contributed by atoms with Crippen LogP contribution in [-0.4, -0.2) is 9.97 Å². The Balaban J connectivity index is 1.76. The van der Waals surface area contributed by atoms with Gasteiger partial charge in [0.05, 0.1) is 5.52 Å². The van der Waals surface area contributed by atoms with Gasteiger partial charge in [0, 0.05) is 43.5 Å². The third-order valence-corrected chi connectivity index (χ3v) is 6.33. The first kappa shape index (κ1) is 15.8. The molecule has 2 nitrogen and oxygen atoms in total. The Hall–Kier alpha value is -4.04. The molecule has 0 aliphatic heterocycles. The van der Waals surface area contributed by atoms with Gasteiger partial charge in [-0.1, -0.05) is 78.9 Å². The van der Waals surface area contributed by atoms with Crippen molar-refractivity contribution in [3.63, 3.8) is 0 Å². The Bertz CT molecular complexity index is 1730. The molecule has 7 aromatic rings. The number of rotatable bonds is 1. The standard InChI is InChI=1S/C28H18N2/c1-2-8-17(9-3-1)26-19-14-15-20-18-10-4-6-12-23(18)30-28(20)22(19)16-25-27(26)21-11-5-7-13-24(21)29-25/h1-16,29-30H. The van der Waals surface area contributed by atoms with Crippen molar-refractivity contribution in [1.82, 2.24) is 9.97 Å². The Morgan fingerprint density at radius 2 is 1.10 bits per heavy atom. The second-order valence-electron chi connectivity index (χ2n) is 7.96. The summed E-state index contributed by atoms with van der Waals surface area (Å²) >= 11 is 0. The lowest BCUT2D eigenvalue weighted by Crippen LogP contribution is -1.85. The number of para-hydroxylation sites is 2. The van der Waals surface area contributed by atoms with E-state index in [9.17, 15) is 0 Å². The van der Waals surface area contributed by atoms with Gasteiger partial charge in [-0.3, -0.25) is 0 Å². The Labute approximate surface area is 172 Å². The summed E-state index contributed by atoms with van der Waals surface area (Å²) in [5.41, 5.74) is 7.26. The van der Waals surface area contributed by atoms with Crippen molar-refractivity contribution in [2.75, 3.05) is 0 Å². The highest BCUT2D eigenvalue weighted by atomic mass is 14.7. The summed E-state index contributed by atoms with van der Waals surface area (Å²) in [4.78, 5) is 7.35. The monoisotopic (exact) mass is 382 g/mol. The van der Waals surface area contributed by atoms with E-state index in [1.807, 2.05) is 0 Å². The van der Waals surface area contributed by atoms with E-state index in [0.717, 1.165) is 0 Å². The summed E-state index contributed by atoms with van der Waals surface area (Å²) in [5.74, 6) is 0. The van der Waals surface area contributed by atoms with Crippen LogP contribution in [-0.2, 0) is 0 Å². The number of nitrogens with one attached hydrogen (secondary N) is 2. The van der Waals surface area contributed by atoms with Crippen molar-refractivity contribution in [3.8, 4) is 11.1 Å². The topological polar surface area (TPSA) is 31.6 Å². The van der Waals surface area contributed by atoms with Crippen LogP contribution >= 0.6 is 0 Å². The maximum atomic E-state index is 3.68. The largest absolute Gasteiger partial charge is 0.354 e. The minimum absolute atomic E-state index is 1.17. The van der Waals surface area contributed by atoms with Gasteiger partial charge >= 0.3 is 0 Å². The van der Waals surface area contributed by atoms with Crippen LogP contribution in [0, 0.1) is 0 Å². The summed E-state index contributed by atoms with van der Waals surface area (Å²) in [5, 5.41) is 7.63. The molecule has 30 heavy (non-hydrogen) atoms. The summed E-state index contributed by atoms with van der Waals surface area (Å²) in [6, 6.07) is 34.8. The molecule has 7 rings (SSSR count). The highest BCUT2D eigenvalue weighted by Gasteiger charge is 2.17. The number of aromatic nitrogens is 2. The SMILES string of the molecule is c1ccc(-c2c3ccc4c5ccccc5[nH]c4c3cc3[nH]c4ccccc4c23)cc1. The molecule has 0 saturated carbocycles. The van der Waals surface area contributed by atoms with Crippen molar-refractivity contribution < 1.29 is 0 Å². The van der Waals surface area contributed by atoms with Gasteiger partial charge < -0.3 is 9.97 Å². The highest BCUT2D eigenvalue weighted by Crippen LogP contribution is 2.42. The zero-order valence-corrected chi connectivity index (χ0v) is 16.2. The summed E-state index contributed by atoms with van der Waals surface area (Å²) in [6.45, 7) is 0. The van der Waals surface area contributed by atoms with Crippen molar-refractivity contribution in [2.24, 2.45) is 0 Å². The van der Waals surface area contributed by atoms with Gasteiger partial charge in [-0.25, -0.2) is 0 Å². The quantitative estimate of drug-likeness (QED) is 0.290. The molecule has 140 valence electrons. The van der Waals surface area contributed by atoms with Gasteiger partial charge in [-0.05, 0) is 34.7 Å². The first-order valence-electron chi connectivity index (χ1n) is 10.3. The molecule has 0 amide bonds. The number of benzene rings is 5. The molecule has 2 N–H and O–H groups in total. The Kier molecular flexibility index (Phi) is 3.03. The lowest BCUT2D eigenvalue weighted by molar-refractivity contribution is 1.54. The fraction of sp³-hybridized carbons (Fsp3) is 0. The number of fused-ring (bicyclic) bond motifs is 8. The number of hydrogen-bond donors (Lipinski definition) is 2. The lowest BCUT2D eigenvalue weighted by Gasteiger charge is -2.11. The molecule has 0 aliphatic rings. The molecule has 2 heteroatoms. The second kappa shape index (κ2) is 5.74. The first-order valence-corrected chi connectivity index (χ1v) is 10.3. The molecule has 5 aromatic carbocycles. The van der Waals surface area contributed by atoms with Crippen LogP contribution in [0.3, 0.4) is 0 Å². The van der Waals surface area contributed by atoms with E-state index in [0.29, 0.717) is 0 Å². The maximum absolute atomic E-state index is 3.68. The first-order chi connectivity index (χ1) is 14.9. The smallest absolute Gasteiger partial charge is 0.0545 e. The average molecular weight is 382 g/mol. The van der Waals surface area contributed by atoms with Crippen molar-refractivity contribution in [2.45, 2.75) is 0 Å². The van der Waals surface area contributed by atoms with E-state index in [2.05, 4.69) is 107 Å². The van der Waals surface area contributed by atoms with Gasteiger partial charge in [-0.15, -0.1) is 0 Å². The van der Waals surface area contributed by atoms with Gasteiger partial charge in [0.15, 0.2) is 0 Å². The molecule has 0 atom stereocenters. The summed E-state index contributed by atoms with van der Waals surface area (Å²) < 4.78 is 0. The molecule has 0 unspecified atom stereocenters. The van der Waals surface area contributed by atoms with Crippen LogP contribution in [0.2, 0.25) is 0 Å². The average Bonchev–Trinajstić information content (AvgIpc) is 3.36. The molecular weight excluding hydrogens is 364 g/mol. The van der Waals surface area contributed by atoms with Crippen LogP contribution < -0.4 is 0 Å². The zero-order chi connectivity index (χ0) is 19.7. The predicted octanol–water partition coefficient (Wildman–Crippen LogP) is 7.78. The van der Waals surface area contributed by atoms with Crippen LogP contribution in [0.5, 0.6) is 0 Å².